The third-order valence-corrected chi connectivity index (χ3v) is 6.72. The molecular weight excluding hydrogens is 404 g/mol. The van der Waals surface area contributed by atoms with Crippen LogP contribution in [0.5, 0.6) is 0 Å². The number of fused-ring (bicyclic) bond motifs is 1. The van der Waals surface area contributed by atoms with Gasteiger partial charge in [0.2, 0.25) is 0 Å². The van der Waals surface area contributed by atoms with Crippen LogP contribution in [-0.2, 0) is 24.0 Å². The highest BCUT2D eigenvalue weighted by Crippen LogP contribution is 2.42. The van der Waals surface area contributed by atoms with Gasteiger partial charge in [-0.3, -0.25) is 0 Å². The van der Waals surface area contributed by atoms with E-state index < -0.39 is 37.1 Å². The van der Waals surface area contributed by atoms with Crippen LogP contribution in [-0.4, -0.2) is 51.4 Å². The van der Waals surface area contributed by atoms with Gasteiger partial charge < -0.3 is 25.2 Å². The number of aliphatic hydroxyl groups excluding tert-OH is 4. The summed E-state index contributed by atoms with van der Waals surface area (Å²) >= 11 is 6.77. The van der Waals surface area contributed by atoms with E-state index in [2.05, 4.69) is 6.58 Å². The summed E-state index contributed by atoms with van der Waals surface area (Å²) in [5.41, 5.74) is 5.94. The number of rotatable bonds is 5. The second-order valence-corrected chi connectivity index (χ2v) is 8.50. The molecule has 6 heteroatoms. The molecule has 4 N–H and O–H groups in total. The van der Waals surface area contributed by atoms with Crippen molar-refractivity contribution in [3.63, 3.8) is 0 Å². The standard InChI is InChI=1S/C24H27ClO5/c1-2-13-6-8-14(9-7-13)10-15-11-18(16-4-3-5-17(16)20(15)25)24-23(29)22(28)21(27)19(12-26)30-24/h2,6-9,11,19,21-24,26-29H,1,3-5,10,12H2. The second-order valence-electron chi connectivity index (χ2n) is 8.12. The summed E-state index contributed by atoms with van der Waals surface area (Å²) in [6.45, 7) is 3.33. The first kappa shape index (κ1) is 21.5. The second kappa shape index (κ2) is 8.79. The topological polar surface area (TPSA) is 90.2 Å². The van der Waals surface area contributed by atoms with Crippen LogP contribution in [0.15, 0.2) is 36.9 Å². The number of benzene rings is 2. The summed E-state index contributed by atoms with van der Waals surface area (Å²) in [4.78, 5) is 0. The predicted octanol–water partition coefficient (Wildman–Crippen LogP) is 2.58. The number of hydrogen-bond donors (Lipinski definition) is 4. The van der Waals surface area contributed by atoms with Crippen molar-refractivity contribution in [1.82, 2.24) is 0 Å². The Labute approximate surface area is 181 Å². The highest BCUT2D eigenvalue weighted by molar-refractivity contribution is 6.32. The van der Waals surface area contributed by atoms with Crippen LogP contribution in [0.25, 0.3) is 6.08 Å². The van der Waals surface area contributed by atoms with Crippen LogP contribution >= 0.6 is 11.6 Å². The van der Waals surface area contributed by atoms with E-state index in [0.29, 0.717) is 6.42 Å². The van der Waals surface area contributed by atoms with Crippen LogP contribution in [0.1, 0.15) is 45.9 Å². The predicted molar refractivity (Wildman–Crippen MR) is 116 cm³/mol. The molecule has 5 atom stereocenters. The molecule has 2 aromatic rings. The van der Waals surface area contributed by atoms with E-state index in [-0.39, 0.29) is 0 Å². The van der Waals surface area contributed by atoms with Crippen LogP contribution in [0.2, 0.25) is 5.02 Å². The largest absolute Gasteiger partial charge is 0.394 e. The van der Waals surface area contributed by atoms with E-state index in [1.807, 2.05) is 30.3 Å². The lowest BCUT2D eigenvalue weighted by Crippen LogP contribution is -2.55. The molecule has 0 radical (unpaired) electrons. The summed E-state index contributed by atoms with van der Waals surface area (Å²) in [7, 11) is 0. The van der Waals surface area contributed by atoms with Gasteiger partial charge in [-0.1, -0.05) is 54.6 Å². The zero-order valence-electron chi connectivity index (χ0n) is 16.7. The number of aliphatic hydroxyl groups is 4. The van der Waals surface area contributed by atoms with Crippen LogP contribution in [0.3, 0.4) is 0 Å². The van der Waals surface area contributed by atoms with Crippen LogP contribution < -0.4 is 0 Å². The Morgan fingerprint density at radius 3 is 2.40 bits per heavy atom. The highest BCUT2D eigenvalue weighted by Gasteiger charge is 2.45. The Morgan fingerprint density at radius 1 is 1.03 bits per heavy atom. The van der Waals surface area contributed by atoms with Crippen molar-refractivity contribution in [2.24, 2.45) is 0 Å². The molecular formula is C24H27ClO5. The van der Waals surface area contributed by atoms with Gasteiger partial charge in [0, 0.05) is 5.02 Å². The smallest absolute Gasteiger partial charge is 0.113 e. The van der Waals surface area contributed by atoms with Crippen molar-refractivity contribution < 1.29 is 25.2 Å². The Kier molecular flexibility index (Phi) is 6.30. The lowest BCUT2D eigenvalue weighted by molar-refractivity contribution is -0.231. The first-order valence-corrected chi connectivity index (χ1v) is 10.7. The average Bonchev–Trinajstić information content (AvgIpc) is 3.26. The van der Waals surface area contributed by atoms with E-state index in [1.54, 1.807) is 6.08 Å². The molecule has 1 aliphatic heterocycles. The van der Waals surface area contributed by atoms with E-state index >= 15 is 0 Å². The van der Waals surface area contributed by atoms with E-state index in [4.69, 9.17) is 16.3 Å². The van der Waals surface area contributed by atoms with Gasteiger partial charge in [0.1, 0.15) is 30.5 Å². The molecule has 1 fully saturated rings. The first-order valence-electron chi connectivity index (χ1n) is 10.3. The van der Waals surface area contributed by atoms with E-state index in [0.717, 1.165) is 57.7 Å². The minimum Gasteiger partial charge on any atom is -0.394 e. The fourth-order valence-electron chi connectivity index (χ4n) is 4.57. The summed E-state index contributed by atoms with van der Waals surface area (Å²) < 4.78 is 5.85. The van der Waals surface area contributed by atoms with Crippen molar-refractivity contribution in [2.45, 2.75) is 56.2 Å². The summed E-state index contributed by atoms with van der Waals surface area (Å²) in [6.07, 6.45) is -0.812. The summed E-state index contributed by atoms with van der Waals surface area (Å²) in [5, 5.41) is 41.3. The maximum absolute atomic E-state index is 10.7. The van der Waals surface area contributed by atoms with Crippen LogP contribution in [0, 0.1) is 0 Å². The third kappa shape index (κ3) is 3.82. The quantitative estimate of drug-likeness (QED) is 0.585. The molecule has 2 aromatic carbocycles. The molecule has 1 heterocycles. The number of hydrogen-bond acceptors (Lipinski definition) is 5. The third-order valence-electron chi connectivity index (χ3n) is 6.25. The molecule has 1 saturated heterocycles. The van der Waals surface area contributed by atoms with Gasteiger partial charge in [0.25, 0.3) is 0 Å². The maximum atomic E-state index is 10.7. The molecule has 0 amide bonds. The van der Waals surface area contributed by atoms with Crippen molar-refractivity contribution in [3.05, 3.63) is 75.3 Å². The minimum absolute atomic E-state index is 0.445. The zero-order valence-corrected chi connectivity index (χ0v) is 17.4. The Morgan fingerprint density at radius 2 is 1.73 bits per heavy atom. The number of halogens is 1. The van der Waals surface area contributed by atoms with Crippen molar-refractivity contribution >= 4 is 17.7 Å². The fourth-order valence-corrected chi connectivity index (χ4v) is 4.90. The van der Waals surface area contributed by atoms with Gasteiger partial charge in [-0.05, 0) is 59.1 Å². The average molecular weight is 431 g/mol. The SMILES string of the molecule is C=Cc1ccc(Cc2cc(C3OC(CO)C(O)C(O)C3O)c3c(c2Cl)CCC3)cc1. The number of ether oxygens (including phenoxy) is 1. The Hall–Kier alpha value is -1.73. The van der Waals surface area contributed by atoms with Crippen molar-refractivity contribution in [3.8, 4) is 0 Å². The zero-order chi connectivity index (χ0) is 21.4. The summed E-state index contributed by atoms with van der Waals surface area (Å²) in [6, 6.07) is 10.0. The first-order chi connectivity index (χ1) is 14.4. The lowest BCUT2D eigenvalue weighted by Gasteiger charge is -2.41. The molecule has 5 unspecified atom stereocenters. The lowest BCUT2D eigenvalue weighted by atomic mass is 9.86. The molecule has 4 rings (SSSR count). The molecule has 1 aliphatic carbocycles. The van der Waals surface area contributed by atoms with Crippen molar-refractivity contribution in [1.29, 1.82) is 0 Å². The van der Waals surface area contributed by atoms with Gasteiger partial charge >= 0.3 is 0 Å². The Bertz CT molecular complexity index is 924. The highest BCUT2D eigenvalue weighted by atomic mass is 35.5. The molecule has 0 aromatic heterocycles. The van der Waals surface area contributed by atoms with Gasteiger partial charge in [-0.2, -0.15) is 0 Å². The normalized spacial score (nSPS) is 28.4. The van der Waals surface area contributed by atoms with Crippen LogP contribution in [0.4, 0.5) is 0 Å². The molecule has 5 nitrogen and oxygen atoms in total. The molecule has 30 heavy (non-hydrogen) atoms. The molecule has 160 valence electrons. The Balaban J connectivity index is 1.73. The van der Waals surface area contributed by atoms with E-state index in [9.17, 15) is 20.4 Å². The fraction of sp³-hybridized carbons (Fsp3) is 0.417. The van der Waals surface area contributed by atoms with Gasteiger partial charge in [0.05, 0.1) is 6.61 Å². The molecule has 0 bridgehead atoms. The van der Waals surface area contributed by atoms with Crippen molar-refractivity contribution in [2.75, 3.05) is 6.61 Å². The van der Waals surface area contributed by atoms with Gasteiger partial charge in [-0.15, -0.1) is 0 Å². The van der Waals surface area contributed by atoms with Gasteiger partial charge in [-0.25, -0.2) is 0 Å². The molecule has 0 saturated carbocycles. The maximum Gasteiger partial charge on any atom is 0.113 e. The summed E-state index contributed by atoms with van der Waals surface area (Å²) in [5.74, 6) is 0. The van der Waals surface area contributed by atoms with E-state index in [1.165, 1.54) is 0 Å². The minimum atomic E-state index is -1.40. The molecule has 0 spiro atoms. The molecule has 2 aliphatic rings. The van der Waals surface area contributed by atoms with Gasteiger partial charge in [0.15, 0.2) is 0 Å². The monoisotopic (exact) mass is 430 g/mol.